The number of aryl methyl sites for hydroxylation is 1. The summed E-state index contributed by atoms with van der Waals surface area (Å²) in [7, 11) is 0. The quantitative estimate of drug-likeness (QED) is 0.582. The number of nitrogens with zero attached hydrogens (tertiary/aromatic N) is 4. The Balaban J connectivity index is 1.50. The Bertz CT molecular complexity index is 942. The molecule has 4 aromatic rings. The van der Waals surface area contributed by atoms with Gasteiger partial charge in [-0.05, 0) is 36.8 Å². The number of pyridine rings is 1. The standard InChI is InChI=1S/C17H15N5S/c1-12-7-9-18-16-15(12)19-17(20-16)23-11-13-8-10-22(21-13)14-5-3-2-4-6-14/h2-10H,11H2,1H3,(H,18,19,20). The topological polar surface area (TPSA) is 59.4 Å². The summed E-state index contributed by atoms with van der Waals surface area (Å²) in [4.78, 5) is 12.1. The number of aromatic amines is 1. The van der Waals surface area contributed by atoms with Gasteiger partial charge in [-0.2, -0.15) is 5.10 Å². The fourth-order valence-electron chi connectivity index (χ4n) is 2.39. The highest BCUT2D eigenvalue weighted by Crippen LogP contribution is 2.23. The molecular weight excluding hydrogens is 306 g/mol. The summed E-state index contributed by atoms with van der Waals surface area (Å²) in [6.07, 6.45) is 3.77. The van der Waals surface area contributed by atoms with Gasteiger partial charge in [0.2, 0.25) is 0 Å². The Morgan fingerprint density at radius 3 is 2.83 bits per heavy atom. The van der Waals surface area contributed by atoms with E-state index >= 15 is 0 Å². The number of hydrogen-bond acceptors (Lipinski definition) is 4. The maximum Gasteiger partial charge on any atom is 0.178 e. The number of fused-ring (bicyclic) bond motifs is 1. The van der Waals surface area contributed by atoms with E-state index in [2.05, 4.69) is 27.0 Å². The van der Waals surface area contributed by atoms with Gasteiger partial charge in [0.1, 0.15) is 0 Å². The van der Waals surface area contributed by atoms with Gasteiger partial charge in [-0.3, -0.25) is 0 Å². The fourth-order valence-corrected chi connectivity index (χ4v) is 3.15. The molecule has 6 heteroatoms. The van der Waals surface area contributed by atoms with Crippen molar-refractivity contribution in [1.29, 1.82) is 0 Å². The first-order chi connectivity index (χ1) is 11.3. The number of para-hydroxylation sites is 1. The minimum atomic E-state index is 0.763. The van der Waals surface area contributed by atoms with E-state index in [0.29, 0.717) is 0 Å². The van der Waals surface area contributed by atoms with Crippen molar-refractivity contribution in [3.63, 3.8) is 0 Å². The molecule has 0 fully saturated rings. The van der Waals surface area contributed by atoms with Crippen LogP contribution in [0.1, 0.15) is 11.3 Å². The number of imidazole rings is 1. The largest absolute Gasteiger partial charge is 0.331 e. The minimum absolute atomic E-state index is 0.763. The van der Waals surface area contributed by atoms with Crippen molar-refractivity contribution >= 4 is 22.9 Å². The van der Waals surface area contributed by atoms with Crippen LogP contribution >= 0.6 is 11.8 Å². The molecule has 0 amide bonds. The Kier molecular flexibility index (Phi) is 3.59. The van der Waals surface area contributed by atoms with Crippen molar-refractivity contribution in [3.05, 3.63) is 66.1 Å². The highest BCUT2D eigenvalue weighted by molar-refractivity contribution is 7.98. The summed E-state index contributed by atoms with van der Waals surface area (Å²) >= 11 is 1.63. The molecule has 114 valence electrons. The first kappa shape index (κ1) is 14.0. The van der Waals surface area contributed by atoms with Crippen molar-refractivity contribution in [3.8, 4) is 5.69 Å². The van der Waals surface area contributed by atoms with Gasteiger partial charge in [-0.1, -0.05) is 30.0 Å². The third-order valence-electron chi connectivity index (χ3n) is 3.60. The Morgan fingerprint density at radius 1 is 1.13 bits per heavy atom. The normalized spacial score (nSPS) is 11.2. The lowest BCUT2D eigenvalue weighted by molar-refractivity contribution is 0.859. The van der Waals surface area contributed by atoms with Crippen LogP contribution in [0.3, 0.4) is 0 Å². The van der Waals surface area contributed by atoms with Crippen molar-refractivity contribution in [2.45, 2.75) is 17.8 Å². The zero-order valence-corrected chi connectivity index (χ0v) is 13.4. The lowest BCUT2D eigenvalue weighted by atomic mass is 10.3. The molecule has 3 heterocycles. The molecule has 1 N–H and O–H groups in total. The predicted octanol–water partition coefficient (Wildman–Crippen LogP) is 3.74. The van der Waals surface area contributed by atoms with Crippen LogP contribution in [0.25, 0.3) is 16.9 Å². The van der Waals surface area contributed by atoms with E-state index < -0.39 is 0 Å². The molecule has 0 bridgehead atoms. The van der Waals surface area contributed by atoms with Crippen LogP contribution < -0.4 is 0 Å². The van der Waals surface area contributed by atoms with Gasteiger partial charge >= 0.3 is 0 Å². The molecule has 0 saturated heterocycles. The van der Waals surface area contributed by atoms with Crippen LogP contribution in [0.2, 0.25) is 0 Å². The van der Waals surface area contributed by atoms with Gasteiger partial charge in [0.25, 0.3) is 0 Å². The first-order valence-corrected chi connectivity index (χ1v) is 8.32. The molecule has 23 heavy (non-hydrogen) atoms. The Morgan fingerprint density at radius 2 is 2.00 bits per heavy atom. The summed E-state index contributed by atoms with van der Waals surface area (Å²) < 4.78 is 1.89. The highest BCUT2D eigenvalue weighted by Gasteiger charge is 2.08. The minimum Gasteiger partial charge on any atom is -0.331 e. The first-order valence-electron chi connectivity index (χ1n) is 7.34. The van der Waals surface area contributed by atoms with Crippen LogP contribution in [-0.2, 0) is 5.75 Å². The Labute approximate surface area is 137 Å². The average Bonchev–Trinajstić information content (AvgIpc) is 3.21. The second kappa shape index (κ2) is 5.89. The number of H-pyrrole nitrogens is 1. The molecule has 0 aliphatic rings. The summed E-state index contributed by atoms with van der Waals surface area (Å²) in [6.45, 7) is 2.05. The summed E-state index contributed by atoms with van der Waals surface area (Å²) in [5.74, 6) is 0.763. The monoisotopic (exact) mass is 321 g/mol. The van der Waals surface area contributed by atoms with Gasteiger partial charge in [0.15, 0.2) is 10.8 Å². The molecule has 0 aliphatic heterocycles. The highest BCUT2D eigenvalue weighted by atomic mass is 32.2. The van der Waals surface area contributed by atoms with Crippen LogP contribution in [0.4, 0.5) is 0 Å². The van der Waals surface area contributed by atoms with Crippen LogP contribution in [-0.4, -0.2) is 24.7 Å². The molecule has 0 atom stereocenters. The zero-order chi connectivity index (χ0) is 15.6. The number of rotatable bonds is 4. The summed E-state index contributed by atoms with van der Waals surface area (Å²) in [5.41, 5.74) is 5.01. The van der Waals surface area contributed by atoms with Gasteiger partial charge in [-0.15, -0.1) is 0 Å². The predicted molar refractivity (Wildman–Crippen MR) is 91.8 cm³/mol. The SMILES string of the molecule is Cc1ccnc2nc(SCc3ccn(-c4ccccc4)n3)[nH]c12. The van der Waals surface area contributed by atoms with E-state index in [-0.39, 0.29) is 0 Å². The van der Waals surface area contributed by atoms with Crippen molar-refractivity contribution in [2.75, 3.05) is 0 Å². The molecular formula is C17H15N5S. The lowest BCUT2D eigenvalue weighted by Gasteiger charge is -1.99. The summed E-state index contributed by atoms with van der Waals surface area (Å²) in [6, 6.07) is 14.1. The molecule has 1 aromatic carbocycles. The molecule has 0 spiro atoms. The van der Waals surface area contributed by atoms with Gasteiger partial charge in [0, 0.05) is 18.1 Å². The van der Waals surface area contributed by atoms with E-state index in [1.54, 1.807) is 18.0 Å². The van der Waals surface area contributed by atoms with E-state index in [0.717, 1.165) is 39.0 Å². The van der Waals surface area contributed by atoms with Crippen LogP contribution in [0.15, 0.2) is 60.0 Å². The number of nitrogens with one attached hydrogen (secondary N) is 1. The third-order valence-corrected chi connectivity index (χ3v) is 4.51. The molecule has 0 unspecified atom stereocenters. The molecule has 3 aromatic heterocycles. The summed E-state index contributed by atoms with van der Waals surface area (Å²) in [5, 5.41) is 5.48. The van der Waals surface area contributed by atoms with E-state index in [1.165, 1.54) is 0 Å². The van der Waals surface area contributed by atoms with Gasteiger partial charge < -0.3 is 4.98 Å². The van der Waals surface area contributed by atoms with Gasteiger partial charge in [0.05, 0.1) is 16.9 Å². The van der Waals surface area contributed by atoms with Crippen molar-refractivity contribution < 1.29 is 0 Å². The second-order valence-corrected chi connectivity index (χ2v) is 6.21. The number of hydrogen-bond donors (Lipinski definition) is 1. The second-order valence-electron chi connectivity index (χ2n) is 5.24. The molecule has 0 aliphatic carbocycles. The zero-order valence-electron chi connectivity index (χ0n) is 12.6. The van der Waals surface area contributed by atoms with Gasteiger partial charge in [-0.25, -0.2) is 14.6 Å². The van der Waals surface area contributed by atoms with Crippen molar-refractivity contribution in [1.82, 2.24) is 24.7 Å². The van der Waals surface area contributed by atoms with E-state index in [1.807, 2.05) is 53.3 Å². The maximum absolute atomic E-state index is 4.61. The average molecular weight is 321 g/mol. The Hall–Kier alpha value is -2.60. The lowest BCUT2D eigenvalue weighted by Crippen LogP contribution is -1.95. The van der Waals surface area contributed by atoms with E-state index in [4.69, 9.17) is 0 Å². The molecule has 4 rings (SSSR count). The third kappa shape index (κ3) is 2.85. The number of benzene rings is 1. The molecule has 5 nitrogen and oxygen atoms in total. The van der Waals surface area contributed by atoms with Crippen LogP contribution in [0.5, 0.6) is 0 Å². The molecule has 0 radical (unpaired) electrons. The van der Waals surface area contributed by atoms with Crippen molar-refractivity contribution in [2.24, 2.45) is 0 Å². The molecule has 0 saturated carbocycles. The fraction of sp³-hybridized carbons (Fsp3) is 0.118. The van der Waals surface area contributed by atoms with Crippen LogP contribution in [0, 0.1) is 6.92 Å². The number of thioether (sulfide) groups is 1. The maximum atomic E-state index is 4.61. The number of aromatic nitrogens is 5. The smallest absolute Gasteiger partial charge is 0.178 e. The van der Waals surface area contributed by atoms with E-state index in [9.17, 15) is 0 Å².